The Morgan fingerprint density at radius 2 is 1.61 bits per heavy atom. The van der Waals surface area contributed by atoms with Crippen molar-refractivity contribution in [3.05, 3.63) is 70.7 Å². The molecule has 0 aromatic heterocycles. The first-order chi connectivity index (χ1) is 8.66. The van der Waals surface area contributed by atoms with Crippen LogP contribution in [-0.4, -0.2) is 11.1 Å². The Balaban J connectivity index is 2.44. The van der Waals surface area contributed by atoms with Crippen molar-refractivity contribution in [1.29, 1.82) is 0 Å². The third-order valence-corrected chi connectivity index (χ3v) is 2.75. The van der Waals surface area contributed by atoms with Crippen LogP contribution in [0.15, 0.2) is 54.6 Å². The van der Waals surface area contributed by atoms with Gasteiger partial charge in [0.15, 0.2) is 0 Å². The Morgan fingerprint density at radius 1 is 1.00 bits per heavy atom. The van der Waals surface area contributed by atoms with Crippen molar-refractivity contribution in [3.8, 4) is 0 Å². The lowest BCUT2D eigenvalue weighted by atomic mass is 10.0. The summed E-state index contributed by atoms with van der Waals surface area (Å²) in [5.74, 6) is -0.957. The van der Waals surface area contributed by atoms with Crippen LogP contribution in [0.1, 0.15) is 11.1 Å². The number of hydrogen-bond donors (Lipinski definition) is 1. The van der Waals surface area contributed by atoms with Gasteiger partial charge in [0.25, 0.3) is 0 Å². The van der Waals surface area contributed by atoms with Crippen LogP contribution in [0.5, 0.6) is 0 Å². The first-order valence-corrected chi connectivity index (χ1v) is 5.80. The zero-order valence-electron chi connectivity index (χ0n) is 9.51. The van der Waals surface area contributed by atoms with E-state index in [2.05, 4.69) is 0 Å². The van der Waals surface area contributed by atoms with Crippen molar-refractivity contribution in [1.82, 2.24) is 0 Å². The average molecular weight is 259 g/mol. The molecule has 3 heteroatoms. The maximum atomic E-state index is 11.3. The smallest absolute Gasteiger partial charge is 0.336 e. The topological polar surface area (TPSA) is 37.3 Å². The van der Waals surface area contributed by atoms with Crippen molar-refractivity contribution in [2.75, 3.05) is 0 Å². The number of benzene rings is 2. The fourth-order valence-corrected chi connectivity index (χ4v) is 1.74. The maximum Gasteiger partial charge on any atom is 0.336 e. The van der Waals surface area contributed by atoms with Crippen molar-refractivity contribution >= 4 is 29.2 Å². The Labute approximate surface area is 110 Å². The van der Waals surface area contributed by atoms with Crippen molar-refractivity contribution in [2.24, 2.45) is 0 Å². The highest BCUT2D eigenvalue weighted by molar-refractivity contribution is 6.30. The van der Waals surface area contributed by atoms with Crippen molar-refractivity contribution in [2.45, 2.75) is 0 Å². The van der Waals surface area contributed by atoms with E-state index in [0.717, 1.165) is 5.56 Å². The van der Waals surface area contributed by atoms with Crippen LogP contribution in [0.4, 0.5) is 0 Å². The predicted molar refractivity (Wildman–Crippen MR) is 73.4 cm³/mol. The number of carboxylic acid groups (broad SMARTS) is 1. The molecule has 0 spiro atoms. The molecule has 0 aliphatic rings. The van der Waals surface area contributed by atoms with Crippen LogP contribution in [-0.2, 0) is 4.79 Å². The van der Waals surface area contributed by atoms with E-state index >= 15 is 0 Å². The Hall–Kier alpha value is -2.06. The molecule has 0 aliphatic heterocycles. The molecular weight excluding hydrogens is 248 g/mol. The Bertz CT molecular complexity index is 571. The molecule has 0 radical (unpaired) electrons. The number of aliphatic carboxylic acids is 1. The summed E-state index contributed by atoms with van der Waals surface area (Å²) in [6.45, 7) is 0. The van der Waals surface area contributed by atoms with Gasteiger partial charge >= 0.3 is 5.97 Å². The highest BCUT2D eigenvalue weighted by atomic mass is 35.5. The lowest BCUT2D eigenvalue weighted by molar-refractivity contribution is -0.130. The molecule has 0 fully saturated rings. The van der Waals surface area contributed by atoms with Gasteiger partial charge in [-0.15, -0.1) is 0 Å². The lowest BCUT2D eigenvalue weighted by Gasteiger charge is -2.03. The van der Waals surface area contributed by atoms with Crippen molar-refractivity contribution in [3.63, 3.8) is 0 Å². The largest absolute Gasteiger partial charge is 0.478 e. The predicted octanol–water partition coefficient (Wildman–Crippen LogP) is 3.97. The Kier molecular flexibility index (Phi) is 3.80. The number of halogens is 1. The summed E-state index contributed by atoms with van der Waals surface area (Å²) in [5.41, 5.74) is 1.73. The van der Waals surface area contributed by atoms with Crippen LogP contribution in [0.2, 0.25) is 5.02 Å². The molecule has 0 atom stereocenters. The molecule has 90 valence electrons. The van der Waals surface area contributed by atoms with Gasteiger partial charge in [-0.25, -0.2) is 4.79 Å². The van der Waals surface area contributed by atoms with Gasteiger partial charge in [0.1, 0.15) is 0 Å². The van der Waals surface area contributed by atoms with Gasteiger partial charge in [0.05, 0.1) is 5.57 Å². The molecule has 0 amide bonds. The number of rotatable bonds is 3. The summed E-state index contributed by atoms with van der Waals surface area (Å²) in [7, 11) is 0. The number of carbonyl (C=O) groups is 1. The second kappa shape index (κ2) is 5.52. The van der Waals surface area contributed by atoms with Gasteiger partial charge in [-0.1, -0.05) is 54.1 Å². The quantitative estimate of drug-likeness (QED) is 0.668. The fraction of sp³-hybridized carbons (Fsp3) is 0. The van der Waals surface area contributed by atoms with Crippen LogP contribution < -0.4 is 0 Å². The number of carboxylic acids is 1. The molecule has 0 bridgehead atoms. The first kappa shape index (κ1) is 12.4. The highest BCUT2D eigenvalue weighted by Crippen LogP contribution is 2.20. The monoisotopic (exact) mass is 258 g/mol. The third-order valence-electron chi connectivity index (χ3n) is 2.50. The highest BCUT2D eigenvalue weighted by Gasteiger charge is 2.10. The van der Waals surface area contributed by atoms with Gasteiger partial charge in [-0.3, -0.25) is 0 Å². The van der Waals surface area contributed by atoms with Gasteiger partial charge < -0.3 is 5.11 Å². The normalized spacial score (nSPS) is 11.3. The average Bonchev–Trinajstić information content (AvgIpc) is 2.38. The van der Waals surface area contributed by atoms with Crippen LogP contribution in [0.25, 0.3) is 11.6 Å². The van der Waals surface area contributed by atoms with Gasteiger partial charge in [0.2, 0.25) is 0 Å². The summed E-state index contributed by atoms with van der Waals surface area (Å²) in [6.07, 6.45) is 1.64. The molecule has 0 heterocycles. The molecule has 2 aromatic carbocycles. The van der Waals surface area contributed by atoms with Gasteiger partial charge in [-0.05, 0) is 29.3 Å². The summed E-state index contributed by atoms with van der Waals surface area (Å²) in [6, 6.07) is 16.1. The van der Waals surface area contributed by atoms with Crippen LogP contribution in [0.3, 0.4) is 0 Å². The molecule has 0 saturated carbocycles. The molecule has 18 heavy (non-hydrogen) atoms. The number of hydrogen-bond acceptors (Lipinski definition) is 1. The van der Waals surface area contributed by atoms with E-state index in [-0.39, 0.29) is 5.57 Å². The first-order valence-electron chi connectivity index (χ1n) is 5.43. The summed E-state index contributed by atoms with van der Waals surface area (Å²) in [5, 5.41) is 9.84. The minimum atomic E-state index is -0.957. The fourth-order valence-electron chi connectivity index (χ4n) is 1.61. The van der Waals surface area contributed by atoms with Crippen molar-refractivity contribution < 1.29 is 9.90 Å². The zero-order valence-corrected chi connectivity index (χ0v) is 10.3. The van der Waals surface area contributed by atoms with Crippen LogP contribution in [0, 0.1) is 0 Å². The van der Waals surface area contributed by atoms with E-state index < -0.39 is 5.97 Å². The maximum absolute atomic E-state index is 11.3. The SMILES string of the molecule is O=C(O)/C(=C/c1ccccc1)c1ccc(Cl)cc1. The summed E-state index contributed by atoms with van der Waals surface area (Å²) < 4.78 is 0. The Morgan fingerprint density at radius 3 is 2.17 bits per heavy atom. The van der Waals surface area contributed by atoms with Crippen LogP contribution >= 0.6 is 11.6 Å². The summed E-state index contributed by atoms with van der Waals surface area (Å²) in [4.78, 5) is 11.3. The molecule has 0 unspecified atom stereocenters. The van der Waals surface area contributed by atoms with E-state index in [4.69, 9.17) is 11.6 Å². The van der Waals surface area contributed by atoms with E-state index in [1.165, 1.54) is 0 Å². The second-order valence-corrected chi connectivity index (χ2v) is 4.22. The van der Waals surface area contributed by atoms with E-state index in [1.807, 2.05) is 30.3 Å². The molecule has 0 aliphatic carbocycles. The minimum Gasteiger partial charge on any atom is -0.478 e. The molecular formula is C15H11ClO2. The van der Waals surface area contributed by atoms with E-state index in [1.54, 1.807) is 30.3 Å². The van der Waals surface area contributed by atoms with Gasteiger partial charge in [0, 0.05) is 5.02 Å². The minimum absolute atomic E-state index is 0.248. The third kappa shape index (κ3) is 2.99. The molecule has 1 N–H and O–H groups in total. The van der Waals surface area contributed by atoms with E-state index in [0.29, 0.717) is 10.6 Å². The van der Waals surface area contributed by atoms with E-state index in [9.17, 15) is 9.90 Å². The molecule has 2 rings (SSSR count). The zero-order chi connectivity index (χ0) is 13.0. The standard InChI is InChI=1S/C15H11ClO2/c16-13-8-6-12(7-9-13)14(15(17)18)10-11-4-2-1-3-5-11/h1-10H,(H,17,18)/b14-10+. The van der Waals surface area contributed by atoms with Gasteiger partial charge in [-0.2, -0.15) is 0 Å². The molecule has 0 saturated heterocycles. The lowest BCUT2D eigenvalue weighted by Crippen LogP contribution is -1.99. The molecule has 2 nitrogen and oxygen atoms in total. The second-order valence-electron chi connectivity index (χ2n) is 3.78. The summed E-state index contributed by atoms with van der Waals surface area (Å²) >= 11 is 5.79. The molecule has 2 aromatic rings.